The van der Waals surface area contributed by atoms with Crippen molar-refractivity contribution in [3.05, 3.63) is 27.2 Å². The fourth-order valence-corrected chi connectivity index (χ4v) is 4.35. The lowest BCUT2D eigenvalue weighted by Crippen LogP contribution is -2.30. The Morgan fingerprint density at radius 1 is 1.20 bits per heavy atom. The Morgan fingerprint density at radius 3 is 2.85 bits per heavy atom. The second-order valence-electron chi connectivity index (χ2n) is 6.31. The van der Waals surface area contributed by atoms with Crippen LogP contribution in [0.2, 0.25) is 0 Å². The third kappa shape index (κ3) is 3.04. The van der Waals surface area contributed by atoms with Gasteiger partial charge in [0.05, 0.1) is 4.47 Å². The number of aromatic hydroxyl groups is 1. The summed E-state index contributed by atoms with van der Waals surface area (Å²) < 4.78 is 0.968. The van der Waals surface area contributed by atoms with Crippen molar-refractivity contribution in [2.45, 2.75) is 51.4 Å². The summed E-state index contributed by atoms with van der Waals surface area (Å²) in [4.78, 5) is 0. The Morgan fingerprint density at radius 2 is 2.05 bits per heavy atom. The van der Waals surface area contributed by atoms with Gasteiger partial charge in [-0.25, -0.2) is 0 Å². The van der Waals surface area contributed by atoms with Crippen LogP contribution in [0.5, 0.6) is 5.75 Å². The number of hydrogen-bond acceptors (Lipinski definition) is 2. The number of benzene rings is 1. The van der Waals surface area contributed by atoms with Crippen molar-refractivity contribution >= 4 is 15.9 Å². The first-order valence-corrected chi connectivity index (χ1v) is 8.78. The minimum absolute atomic E-state index is 0.497. The van der Waals surface area contributed by atoms with Gasteiger partial charge in [-0.15, -0.1) is 0 Å². The molecule has 0 saturated carbocycles. The van der Waals surface area contributed by atoms with Gasteiger partial charge in [0.25, 0.3) is 0 Å². The van der Waals surface area contributed by atoms with Crippen LogP contribution >= 0.6 is 15.9 Å². The molecule has 1 heterocycles. The largest absolute Gasteiger partial charge is 0.506 e. The topological polar surface area (TPSA) is 32.3 Å². The van der Waals surface area contributed by atoms with Crippen molar-refractivity contribution in [1.82, 2.24) is 5.32 Å². The van der Waals surface area contributed by atoms with Crippen molar-refractivity contribution < 1.29 is 5.11 Å². The fourth-order valence-electron chi connectivity index (χ4n) is 3.64. The van der Waals surface area contributed by atoms with E-state index in [4.69, 9.17) is 0 Å². The number of piperidine rings is 1. The van der Waals surface area contributed by atoms with Crippen LogP contribution in [0.4, 0.5) is 0 Å². The number of fused-ring (bicyclic) bond motifs is 1. The molecule has 1 aromatic carbocycles. The fraction of sp³-hybridized carbons (Fsp3) is 0.647. The van der Waals surface area contributed by atoms with E-state index in [9.17, 15) is 5.11 Å². The minimum atomic E-state index is 0.497. The molecule has 1 aliphatic carbocycles. The zero-order chi connectivity index (χ0) is 13.9. The number of nitrogens with one attached hydrogen (secondary N) is 1. The molecule has 1 aliphatic heterocycles. The van der Waals surface area contributed by atoms with Gasteiger partial charge < -0.3 is 10.4 Å². The van der Waals surface area contributed by atoms with Crippen LogP contribution in [-0.4, -0.2) is 18.2 Å². The quantitative estimate of drug-likeness (QED) is 0.800. The van der Waals surface area contributed by atoms with Crippen molar-refractivity contribution in [2.24, 2.45) is 5.92 Å². The molecule has 0 bridgehead atoms. The lowest BCUT2D eigenvalue weighted by molar-refractivity contribution is 0.369. The van der Waals surface area contributed by atoms with Crippen molar-refractivity contribution in [2.75, 3.05) is 13.1 Å². The van der Waals surface area contributed by atoms with Gasteiger partial charge >= 0.3 is 0 Å². The van der Waals surface area contributed by atoms with E-state index in [1.165, 1.54) is 49.7 Å². The molecule has 1 unspecified atom stereocenters. The maximum absolute atomic E-state index is 10.5. The Kier molecular flexibility index (Phi) is 4.67. The molecule has 2 nitrogen and oxygen atoms in total. The van der Waals surface area contributed by atoms with E-state index in [0.717, 1.165) is 36.0 Å². The maximum Gasteiger partial charge on any atom is 0.133 e. The Labute approximate surface area is 130 Å². The molecule has 1 aromatic rings. The van der Waals surface area contributed by atoms with Gasteiger partial charge in [-0.05, 0) is 96.6 Å². The smallest absolute Gasteiger partial charge is 0.133 e. The average Bonchev–Trinajstić information content (AvgIpc) is 2.71. The molecular formula is C17H24BrNO. The SMILES string of the molecule is Oc1c(CC2CCCNC2)cc2c(c1Br)CCCCC2. The van der Waals surface area contributed by atoms with E-state index >= 15 is 0 Å². The zero-order valence-corrected chi connectivity index (χ0v) is 13.6. The van der Waals surface area contributed by atoms with Crippen LogP contribution in [0.3, 0.4) is 0 Å². The molecule has 1 saturated heterocycles. The molecule has 1 fully saturated rings. The van der Waals surface area contributed by atoms with Crippen molar-refractivity contribution in [3.63, 3.8) is 0 Å². The highest BCUT2D eigenvalue weighted by atomic mass is 79.9. The van der Waals surface area contributed by atoms with Crippen LogP contribution in [0.1, 0.15) is 48.8 Å². The maximum atomic E-state index is 10.5. The van der Waals surface area contributed by atoms with Crippen molar-refractivity contribution in [1.29, 1.82) is 0 Å². The molecule has 2 aliphatic rings. The van der Waals surface area contributed by atoms with Gasteiger partial charge in [-0.2, -0.15) is 0 Å². The standard InChI is InChI=1S/C17H24BrNO/c18-16-15-7-3-1-2-6-13(15)10-14(17(16)20)9-12-5-4-8-19-11-12/h10,12,19-20H,1-9,11H2. The number of rotatable bonds is 2. The molecular weight excluding hydrogens is 314 g/mol. The second-order valence-corrected chi connectivity index (χ2v) is 7.11. The van der Waals surface area contributed by atoms with Gasteiger partial charge in [0.15, 0.2) is 0 Å². The van der Waals surface area contributed by atoms with Crippen LogP contribution in [-0.2, 0) is 19.3 Å². The summed E-state index contributed by atoms with van der Waals surface area (Å²) in [6.07, 6.45) is 9.66. The van der Waals surface area contributed by atoms with Crippen LogP contribution in [0, 0.1) is 5.92 Å². The van der Waals surface area contributed by atoms with E-state index in [1.54, 1.807) is 0 Å². The first-order valence-electron chi connectivity index (χ1n) is 7.98. The predicted molar refractivity (Wildman–Crippen MR) is 86.4 cm³/mol. The molecule has 0 amide bonds. The molecule has 1 atom stereocenters. The van der Waals surface area contributed by atoms with E-state index < -0.39 is 0 Å². The normalized spacial score (nSPS) is 23.1. The van der Waals surface area contributed by atoms with Crippen molar-refractivity contribution in [3.8, 4) is 5.75 Å². The molecule has 3 rings (SSSR count). The highest BCUT2D eigenvalue weighted by Gasteiger charge is 2.20. The van der Waals surface area contributed by atoms with Gasteiger partial charge in [-0.3, -0.25) is 0 Å². The number of phenolic OH excluding ortho intramolecular Hbond substituents is 1. The third-order valence-electron chi connectivity index (χ3n) is 4.79. The van der Waals surface area contributed by atoms with Crippen LogP contribution < -0.4 is 5.32 Å². The van der Waals surface area contributed by atoms with Gasteiger partial charge in [0, 0.05) is 0 Å². The number of aryl methyl sites for hydroxylation is 1. The lowest BCUT2D eigenvalue weighted by atomic mass is 9.89. The highest BCUT2D eigenvalue weighted by Crippen LogP contribution is 2.38. The summed E-state index contributed by atoms with van der Waals surface area (Å²) in [5.41, 5.74) is 3.96. The molecule has 0 radical (unpaired) electrons. The summed E-state index contributed by atoms with van der Waals surface area (Å²) in [7, 11) is 0. The molecule has 0 spiro atoms. The third-order valence-corrected chi connectivity index (χ3v) is 5.65. The lowest BCUT2D eigenvalue weighted by Gasteiger charge is -2.24. The molecule has 0 aromatic heterocycles. The Hall–Kier alpha value is -0.540. The number of hydrogen-bond donors (Lipinski definition) is 2. The first kappa shape index (κ1) is 14.4. The monoisotopic (exact) mass is 337 g/mol. The average molecular weight is 338 g/mol. The van der Waals surface area contributed by atoms with E-state index in [2.05, 4.69) is 27.3 Å². The highest BCUT2D eigenvalue weighted by molar-refractivity contribution is 9.10. The Balaban J connectivity index is 1.86. The zero-order valence-electron chi connectivity index (χ0n) is 12.1. The number of halogens is 1. The summed E-state index contributed by atoms with van der Waals surface area (Å²) in [5.74, 6) is 1.17. The molecule has 3 heteroatoms. The second kappa shape index (κ2) is 6.48. The van der Waals surface area contributed by atoms with Gasteiger partial charge in [0.1, 0.15) is 5.75 Å². The predicted octanol–water partition coefficient (Wildman–Crippen LogP) is 3.97. The molecule has 110 valence electrons. The molecule has 2 N–H and O–H groups in total. The first-order chi connectivity index (χ1) is 9.75. The van der Waals surface area contributed by atoms with Gasteiger partial charge in [-0.1, -0.05) is 12.5 Å². The van der Waals surface area contributed by atoms with Crippen LogP contribution in [0.15, 0.2) is 10.5 Å². The van der Waals surface area contributed by atoms with Crippen LogP contribution in [0.25, 0.3) is 0 Å². The summed E-state index contributed by atoms with van der Waals surface area (Å²) in [6.45, 7) is 2.24. The minimum Gasteiger partial charge on any atom is -0.506 e. The van der Waals surface area contributed by atoms with E-state index in [0.29, 0.717) is 11.7 Å². The Bertz CT molecular complexity index is 480. The van der Waals surface area contributed by atoms with Gasteiger partial charge in [0.2, 0.25) is 0 Å². The summed E-state index contributed by atoms with van der Waals surface area (Å²) in [5, 5.41) is 14.0. The summed E-state index contributed by atoms with van der Waals surface area (Å²) >= 11 is 3.65. The number of phenols is 1. The van der Waals surface area contributed by atoms with E-state index in [-0.39, 0.29) is 0 Å². The molecule has 20 heavy (non-hydrogen) atoms. The summed E-state index contributed by atoms with van der Waals surface area (Å²) in [6, 6.07) is 2.29. The van der Waals surface area contributed by atoms with E-state index in [1.807, 2.05) is 0 Å².